The molecular formula is C27H22N4O2. The van der Waals surface area contributed by atoms with Crippen molar-refractivity contribution in [2.45, 2.75) is 19.6 Å². The highest BCUT2D eigenvalue weighted by atomic mass is 16.4. The lowest BCUT2D eigenvalue weighted by molar-refractivity contribution is 0.185. The maximum atomic E-state index is 11.0. The first-order valence-corrected chi connectivity index (χ1v) is 11.0. The zero-order valence-corrected chi connectivity index (χ0v) is 18.1. The minimum Gasteiger partial charge on any atom is -0.466 e. The van der Waals surface area contributed by atoms with Crippen molar-refractivity contribution >= 4 is 21.8 Å². The monoisotopic (exact) mass is 434 g/mol. The normalized spacial score (nSPS) is 12.5. The van der Waals surface area contributed by atoms with Crippen LogP contribution in [0, 0.1) is 0 Å². The van der Waals surface area contributed by atoms with Crippen molar-refractivity contribution in [2.75, 3.05) is 0 Å². The SMILES string of the molecule is CCn1c2ccccc2c2cc(-n3nnc(C(O)c4ccco4)c3-c3ccccc3)ccc21. The van der Waals surface area contributed by atoms with Gasteiger partial charge in [-0.05, 0) is 43.3 Å². The second-order valence-electron chi connectivity index (χ2n) is 7.98. The molecule has 0 saturated heterocycles. The number of hydrogen-bond acceptors (Lipinski definition) is 4. The van der Waals surface area contributed by atoms with Gasteiger partial charge in [-0.15, -0.1) is 5.10 Å². The van der Waals surface area contributed by atoms with E-state index in [1.807, 2.05) is 30.3 Å². The Morgan fingerprint density at radius 1 is 0.879 bits per heavy atom. The van der Waals surface area contributed by atoms with E-state index in [9.17, 15) is 5.11 Å². The second kappa shape index (κ2) is 7.76. The summed E-state index contributed by atoms with van der Waals surface area (Å²) in [5.74, 6) is 0.431. The van der Waals surface area contributed by atoms with Gasteiger partial charge in [-0.1, -0.05) is 53.7 Å². The van der Waals surface area contributed by atoms with Crippen molar-refractivity contribution in [3.8, 4) is 16.9 Å². The molecule has 0 saturated carbocycles. The fourth-order valence-electron chi connectivity index (χ4n) is 4.62. The van der Waals surface area contributed by atoms with E-state index >= 15 is 0 Å². The Bertz CT molecular complexity index is 1560. The summed E-state index contributed by atoms with van der Waals surface area (Å²) in [4.78, 5) is 0. The van der Waals surface area contributed by atoms with Crippen LogP contribution >= 0.6 is 0 Å². The van der Waals surface area contributed by atoms with Crippen LogP contribution in [0.1, 0.15) is 24.5 Å². The molecular weight excluding hydrogens is 412 g/mol. The summed E-state index contributed by atoms with van der Waals surface area (Å²) in [5.41, 5.74) is 5.37. The first-order chi connectivity index (χ1) is 16.3. The Morgan fingerprint density at radius 3 is 2.45 bits per heavy atom. The molecule has 0 aliphatic heterocycles. The van der Waals surface area contributed by atoms with E-state index in [1.54, 1.807) is 23.1 Å². The summed E-state index contributed by atoms with van der Waals surface area (Å²) in [7, 11) is 0. The summed E-state index contributed by atoms with van der Waals surface area (Å²) in [5, 5.41) is 22.2. The van der Waals surface area contributed by atoms with Gasteiger partial charge >= 0.3 is 0 Å². The van der Waals surface area contributed by atoms with Gasteiger partial charge in [0, 0.05) is 33.9 Å². The van der Waals surface area contributed by atoms with Crippen LogP contribution in [-0.2, 0) is 6.54 Å². The Morgan fingerprint density at radius 2 is 1.67 bits per heavy atom. The minimum absolute atomic E-state index is 0.431. The van der Waals surface area contributed by atoms with Crippen LogP contribution in [0.2, 0.25) is 0 Å². The van der Waals surface area contributed by atoms with Gasteiger partial charge in [-0.3, -0.25) is 0 Å². The molecule has 0 fully saturated rings. The fourth-order valence-corrected chi connectivity index (χ4v) is 4.62. The van der Waals surface area contributed by atoms with Crippen LogP contribution in [0.3, 0.4) is 0 Å². The average molecular weight is 434 g/mol. The van der Waals surface area contributed by atoms with Crippen LogP contribution in [0.25, 0.3) is 38.8 Å². The molecule has 3 aromatic carbocycles. The number of furan rings is 1. The highest BCUT2D eigenvalue weighted by molar-refractivity contribution is 6.08. The zero-order chi connectivity index (χ0) is 22.4. The van der Waals surface area contributed by atoms with Gasteiger partial charge in [0.05, 0.1) is 12.0 Å². The number of aromatic nitrogens is 4. The van der Waals surface area contributed by atoms with E-state index in [-0.39, 0.29) is 0 Å². The molecule has 1 unspecified atom stereocenters. The Kier molecular flexibility index (Phi) is 4.59. The van der Waals surface area contributed by atoms with E-state index in [4.69, 9.17) is 4.42 Å². The molecule has 6 aromatic rings. The predicted octanol–water partition coefficient (Wildman–Crippen LogP) is 5.74. The molecule has 1 atom stereocenters. The van der Waals surface area contributed by atoms with Crippen molar-refractivity contribution in [2.24, 2.45) is 0 Å². The molecule has 6 nitrogen and oxygen atoms in total. The molecule has 162 valence electrons. The molecule has 6 rings (SSSR count). The summed E-state index contributed by atoms with van der Waals surface area (Å²) in [6, 6.07) is 28.2. The maximum absolute atomic E-state index is 11.0. The zero-order valence-electron chi connectivity index (χ0n) is 18.1. The van der Waals surface area contributed by atoms with E-state index in [0.717, 1.165) is 28.9 Å². The topological polar surface area (TPSA) is 69.0 Å². The van der Waals surface area contributed by atoms with Crippen molar-refractivity contribution in [1.29, 1.82) is 0 Å². The highest BCUT2D eigenvalue weighted by Crippen LogP contribution is 2.35. The summed E-state index contributed by atoms with van der Waals surface area (Å²) < 4.78 is 9.57. The molecule has 0 amide bonds. The van der Waals surface area contributed by atoms with Gasteiger partial charge < -0.3 is 14.1 Å². The van der Waals surface area contributed by atoms with E-state index in [0.29, 0.717) is 11.5 Å². The van der Waals surface area contributed by atoms with Gasteiger partial charge in [0.1, 0.15) is 17.1 Å². The number of aliphatic hydroxyl groups is 1. The van der Waals surface area contributed by atoms with Crippen LogP contribution in [0.5, 0.6) is 0 Å². The van der Waals surface area contributed by atoms with Crippen molar-refractivity contribution in [3.63, 3.8) is 0 Å². The minimum atomic E-state index is -1.02. The molecule has 1 N–H and O–H groups in total. The number of hydrogen-bond donors (Lipinski definition) is 1. The lowest BCUT2D eigenvalue weighted by atomic mass is 10.1. The van der Waals surface area contributed by atoms with Gasteiger partial charge in [-0.25, -0.2) is 4.68 Å². The summed E-state index contributed by atoms with van der Waals surface area (Å²) in [6.45, 7) is 3.05. The number of nitrogens with zero attached hydrogens (tertiary/aromatic N) is 4. The maximum Gasteiger partial charge on any atom is 0.157 e. The molecule has 0 radical (unpaired) electrons. The Balaban J connectivity index is 1.59. The quantitative estimate of drug-likeness (QED) is 0.376. The molecule has 3 aromatic heterocycles. The Hall–Kier alpha value is -4.16. The molecule has 33 heavy (non-hydrogen) atoms. The molecule has 6 heteroatoms. The van der Waals surface area contributed by atoms with E-state index in [2.05, 4.69) is 64.3 Å². The molecule has 0 aliphatic rings. The van der Waals surface area contributed by atoms with Gasteiger partial charge in [0.15, 0.2) is 6.10 Å². The molecule has 3 heterocycles. The molecule has 0 bridgehead atoms. The van der Waals surface area contributed by atoms with Crippen molar-refractivity contribution in [3.05, 3.63) is 103 Å². The number of aliphatic hydroxyl groups excluding tert-OH is 1. The third-order valence-corrected chi connectivity index (χ3v) is 6.13. The number of aryl methyl sites for hydroxylation is 1. The van der Waals surface area contributed by atoms with E-state index in [1.165, 1.54) is 16.4 Å². The molecule has 0 spiro atoms. The average Bonchev–Trinajstić information content (AvgIpc) is 3.61. The third-order valence-electron chi connectivity index (χ3n) is 6.13. The Labute approximate surface area is 190 Å². The number of benzene rings is 3. The predicted molar refractivity (Wildman–Crippen MR) is 128 cm³/mol. The van der Waals surface area contributed by atoms with Crippen LogP contribution in [0.4, 0.5) is 0 Å². The standard InChI is InChI=1S/C27H22N4O2/c1-2-30-22-12-7-6-11-20(22)21-17-19(14-15-23(21)30)31-26(18-9-4-3-5-10-18)25(28-29-31)27(32)24-13-8-16-33-24/h3-17,27,32H,2H2,1H3. The van der Waals surface area contributed by atoms with Gasteiger partial charge in [0.25, 0.3) is 0 Å². The largest absolute Gasteiger partial charge is 0.466 e. The number of rotatable bonds is 5. The lowest BCUT2D eigenvalue weighted by Gasteiger charge is -2.11. The fraction of sp³-hybridized carbons (Fsp3) is 0.111. The number of para-hydroxylation sites is 1. The van der Waals surface area contributed by atoms with Gasteiger partial charge in [-0.2, -0.15) is 0 Å². The van der Waals surface area contributed by atoms with Crippen molar-refractivity contribution in [1.82, 2.24) is 19.6 Å². The van der Waals surface area contributed by atoms with Crippen molar-refractivity contribution < 1.29 is 9.52 Å². The summed E-state index contributed by atoms with van der Waals surface area (Å²) >= 11 is 0. The van der Waals surface area contributed by atoms with E-state index < -0.39 is 6.10 Å². The summed E-state index contributed by atoms with van der Waals surface area (Å²) in [6.07, 6.45) is 0.525. The highest BCUT2D eigenvalue weighted by Gasteiger charge is 2.25. The third kappa shape index (κ3) is 3.07. The van der Waals surface area contributed by atoms with Crippen LogP contribution in [-0.4, -0.2) is 24.7 Å². The molecule has 0 aliphatic carbocycles. The second-order valence-corrected chi connectivity index (χ2v) is 7.98. The first kappa shape index (κ1) is 19.5. The number of fused-ring (bicyclic) bond motifs is 3. The van der Waals surface area contributed by atoms with Gasteiger partial charge in [0.2, 0.25) is 0 Å². The van der Waals surface area contributed by atoms with Crippen LogP contribution in [0.15, 0.2) is 95.6 Å². The smallest absolute Gasteiger partial charge is 0.157 e. The lowest BCUT2D eigenvalue weighted by Crippen LogP contribution is -2.04. The van der Waals surface area contributed by atoms with Crippen LogP contribution < -0.4 is 0 Å². The first-order valence-electron chi connectivity index (χ1n) is 11.0.